The molecule has 0 bridgehead atoms. The van der Waals surface area contributed by atoms with Crippen molar-refractivity contribution >= 4 is 12.3 Å². The van der Waals surface area contributed by atoms with Crippen LogP contribution in [-0.2, 0) is 42.6 Å². The molecule has 11 heteroatoms. The van der Waals surface area contributed by atoms with Crippen molar-refractivity contribution < 1.29 is 52.2 Å². The lowest BCUT2D eigenvalue weighted by Gasteiger charge is -2.44. The van der Waals surface area contributed by atoms with Crippen molar-refractivity contribution in [2.24, 2.45) is 0 Å². The van der Waals surface area contributed by atoms with Gasteiger partial charge >= 0.3 is 12.3 Å². The summed E-state index contributed by atoms with van der Waals surface area (Å²) in [6, 6.07) is 0. The summed E-state index contributed by atoms with van der Waals surface area (Å²) in [6.07, 6.45) is 26.9. The zero-order valence-corrected chi connectivity index (χ0v) is 36.2. The molecule has 0 aromatic heterocycles. The Bertz CT molecular complexity index is 1050. The first kappa shape index (κ1) is 52.0. The van der Waals surface area contributed by atoms with Crippen molar-refractivity contribution in [1.82, 2.24) is 0 Å². The second kappa shape index (κ2) is 37.3. The predicted octanol–water partition coefficient (Wildman–Crippen LogP) is 12.2. The molecule has 0 unspecified atom stereocenters. The molecule has 1 saturated heterocycles. The van der Waals surface area contributed by atoms with Crippen LogP contribution in [0.2, 0.25) is 0 Å². The molecule has 0 aromatic carbocycles. The lowest BCUT2D eigenvalue weighted by molar-refractivity contribution is -0.306. The molecule has 1 heterocycles. The molecule has 0 aliphatic carbocycles. The van der Waals surface area contributed by atoms with Crippen LogP contribution in [0.25, 0.3) is 0 Å². The van der Waals surface area contributed by atoms with Gasteiger partial charge < -0.3 is 42.6 Å². The normalized spacial score (nSPS) is 20.0. The summed E-state index contributed by atoms with van der Waals surface area (Å²) in [7, 11) is 0. The number of allylic oxidation sites excluding steroid dienone is 2. The summed E-state index contributed by atoms with van der Waals surface area (Å²) in [5, 5.41) is 0. The minimum Gasteiger partial charge on any atom is -0.499 e. The van der Waals surface area contributed by atoms with Crippen LogP contribution in [0.1, 0.15) is 163 Å². The third-order valence-corrected chi connectivity index (χ3v) is 9.75. The van der Waals surface area contributed by atoms with E-state index in [1.165, 1.54) is 102 Å². The van der Waals surface area contributed by atoms with Crippen LogP contribution in [0.15, 0.2) is 50.0 Å². The number of ether oxygens (including phenoxy) is 9. The molecule has 57 heavy (non-hydrogen) atoms. The molecule has 330 valence electrons. The maximum absolute atomic E-state index is 12.9. The van der Waals surface area contributed by atoms with Gasteiger partial charge in [-0.3, -0.25) is 0 Å². The number of rotatable bonds is 37. The van der Waals surface area contributed by atoms with E-state index in [0.29, 0.717) is 19.4 Å². The Hall–Kier alpha value is -3.02. The summed E-state index contributed by atoms with van der Waals surface area (Å²) in [4.78, 5) is 25.4. The topological polar surface area (TPSA) is 117 Å². The highest BCUT2D eigenvalue weighted by atomic mass is 16.8. The third kappa shape index (κ3) is 26.6. The van der Waals surface area contributed by atoms with E-state index in [9.17, 15) is 9.59 Å². The molecule has 6 atom stereocenters. The zero-order chi connectivity index (χ0) is 41.6. The molecular weight excluding hydrogens is 728 g/mol. The first-order valence-electron chi connectivity index (χ1n) is 22.2. The Balaban J connectivity index is 3.13. The maximum atomic E-state index is 12.9. The van der Waals surface area contributed by atoms with Crippen molar-refractivity contribution in [3.05, 3.63) is 50.0 Å². The summed E-state index contributed by atoms with van der Waals surface area (Å²) >= 11 is 0. The summed E-state index contributed by atoms with van der Waals surface area (Å²) < 4.78 is 53.3. The second-order valence-corrected chi connectivity index (χ2v) is 14.7. The van der Waals surface area contributed by atoms with Crippen molar-refractivity contribution in [2.45, 2.75) is 199 Å². The van der Waals surface area contributed by atoms with E-state index in [1.807, 2.05) is 13.8 Å². The van der Waals surface area contributed by atoms with Crippen LogP contribution in [0.3, 0.4) is 0 Å². The fourth-order valence-electron chi connectivity index (χ4n) is 6.69. The van der Waals surface area contributed by atoms with Crippen LogP contribution < -0.4 is 0 Å². The largest absolute Gasteiger partial charge is 0.509 e. The first-order valence-corrected chi connectivity index (χ1v) is 22.2. The molecule has 11 nitrogen and oxygen atoms in total. The fourth-order valence-corrected chi connectivity index (χ4v) is 6.69. The lowest BCUT2D eigenvalue weighted by Crippen LogP contribution is -2.62. The Morgan fingerprint density at radius 2 is 1.14 bits per heavy atom. The van der Waals surface area contributed by atoms with E-state index in [-0.39, 0.29) is 26.4 Å². The number of hydrogen-bond acceptors (Lipinski definition) is 11. The van der Waals surface area contributed by atoms with E-state index < -0.39 is 49.1 Å². The van der Waals surface area contributed by atoms with Crippen LogP contribution in [0.5, 0.6) is 0 Å². The molecule has 1 aliphatic heterocycles. The van der Waals surface area contributed by atoms with E-state index in [4.69, 9.17) is 42.6 Å². The molecule has 1 fully saturated rings. The number of carbonyl (C=O) groups excluding carboxylic acids is 2. The fraction of sp³-hybridized carbons (Fsp3) is 0.783. The van der Waals surface area contributed by atoms with Gasteiger partial charge in [0.2, 0.25) is 6.29 Å². The Labute approximate surface area is 346 Å². The minimum absolute atomic E-state index is 0.0151. The van der Waals surface area contributed by atoms with Gasteiger partial charge in [0.15, 0.2) is 6.10 Å². The van der Waals surface area contributed by atoms with Crippen LogP contribution in [0.4, 0.5) is 9.59 Å². The Morgan fingerprint density at radius 3 is 1.70 bits per heavy atom. The van der Waals surface area contributed by atoms with E-state index in [0.717, 1.165) is 38.5 Å². The first-order chi connectivity index (χ1) is 27.9. The van der Waals surface area contributed by atoms with Crippen LogP contribution in [0, 0.1) is 0 Å². The van der Waals surface area contributed by atoms with E-state index in [1.54, 1.807) is 18.4 Å². The molecule has 1 aliphatic rings. The van der Waals surface area contributed by atoms with Crippen molar-refractivity contribution in [2.75, 3.05) is 33.0 Å². The monoisotopic (exact) mass is 809 g/mol. The molecule has 0 saturated carbocycles. The third-order valence-electron chi connectivity index (χ3n) is 9.75. The number of carbonyl (C=O) groups is 2. The zero-order valence-electron chi connectivity index (χ0n) is 36.2. The average molecular weight is 809 g/mol. The Morgan fingerprint density at radius 1 is 0.614 bits per heavy atom. The van der Waals surface area contributed by atoms with Gasteiger partial charge in [0.05, 0.1) is 19.1 Å². The SMILES string of the molecule is C=CCOC(=O)O[C@@H](CCCCCCCCCCC)CCO[C@H]1[C@@H](OC=CC)O[C@H](COC=CC)[C@@H](OC(=O)OCC=C)[C@@H]1OCCCCCCCCCCCC. The van der Waals surface area contributed by atoms with Crippen LogP contribution in [-0.4, -0.2) is 82.2 Å². The van der Waals surface area contributed by atoms with Gasteiger partial charge in [0.25, 0.3) is 0 Å². The highest BCUT2D eigenvalue weighted by Crippen LogP contribution is 2.31. The average Bonchev–Trinajstić information content (AvgIpc) is 3.21. The standard InChI is InChI=1S/C46H80O11/c1-7-13-15-17-19-21-23-25-27-29-36-50-42-41(57-46(48)54-35-12-6)40(38-49-32-9-3)56-44(52-33-10-4)43(42)51-37-31-39(55-45(47)53-34-11-5)30-28-26-24-22-20-18-16-14-8-2/h9-12,32-33,39-44H,5-8,13-31,34-38H2,1-4H3/t39-,40+,41+,42-,43+,44-/m0/s1. The quantitative estimate of drug-likeness (QED) is 0.0258. The summed E-state index contributed by atoms with van der Waals surface area (Å²) in [6.45, 7) is 16.1. The predicted molar refractivity (Wildman–Crippen MR) is 226 cm³/mol. The molecule has 0 amide bonds. The highest BCUT2D eigenvalue weighted by Gasteiger charge is 2.51. The van der Waals surface area contributed by atoms with Gasteiger partial charge in [0, 0.05) is 13.0 Å². The van der Waals surface area contributed by atoms with Crippen molar-refractivity contribution in [3.8, 4) is 0 Å². The Kier molecular flexibility index (Phi) is 34.0. The molecule has 0 radical (unpaired) electrons. The molecule has 0 spiro atoms. The van der Waals surface area contributed by atoms with Gasteiger partial charge in [-0.1, -0.05) is 160 Å². The van der Waals surface area contributed by atoms with Gasteiger partial charge in [-0.05, 0) is 33.1 Å². The second-order valence-electron chi connectivity index (χ2n) is 14.7. The maximum Gasteiger partial charge on any atom is 0.509 e. The van der Waals surface area contributed by atoms with Crippen LogP contribution >= 0.6 is 0 Å². The van der Waals surface area contributed by atoms with Gasteiger partial charge in [-0.25, -0.2) is 9.59 Å². The summed E-state index contributed by atoms with van der Waals surface area (Å²) in [5.74, 6) is 0. The van der Waals surface area contributed by atoms with Gasteiger partial charge in [-0.15, -0.1) is 0 Å². The van der Waals surface area contributed by atoms with Crippen molar-refractivity contribution in [3.63, 3.8) is 0 Å². The van der Waals surface area contributed by atoms with Gasteiger partial charge in [-0.2, -0.15) is 0 Å². The van der Waals surface area contributed by atoms with E-state index >= 15 is 0 Å². The van der Waals surface area contributed by atoms with E-state index in [2.05, 4.69) is 27.0 Å². The number of unbranched alkanes of at least 4 members (excludes halogenated alkanes) is 17. The molecular formula is C46H80O11. The molecule has 1 rings (SSSR count). The smallest absolute Gasteiger partial charge is 0.499 e. The van der Waals surface area contributed by atoms with Gasteiger partial charge in [0.1, 0.15) is 44.2 Å². The highest BCUT2D eigenvalue weighted by molar-refractivity contribution is 5.60. The molecule has 0 aromatic rings. The molecule has 0 N–H and O–H groups in total. The summed E-state index contributed by atoms with van der Waals surface area (Å²) in [5.41, 5.74) is 0. The number of hydrogen-bond donors (Lipinski definition) is 0. The lowest BCUT2D eigenvalue weighted by atomic mass is 9.98. The minimum atomic E-state index is -0.950. The van der Waals surface area contributed by atoms with Crippen molar-refractivity contribution in [1.29, 1.82) is 0 Å².